The van der Waals surface area contributed by atoms with Crippen molar-refractivity contribution >= 4 is 34.6 Å². The molecule has 0 fully saturated rings. The number of carbonyl (C=O) groups is 1. The normalized spacial score (nSPS) is 12.3. The van der Waals surface area contributed by atoms with Gasteiger partial charge in [0.25, 0.3) is 0 Å². The Morgan fingerprint density at radius 2 is 1.82 bits per heavy atom. The van der Waals surface area contributed by atoms with E-state index in [1.165, 1.54) is 22.9 Å². The fraction of sp³-hybridized carbons (Fsp3) is 0.533. The number of aromatic nitrogens is 3. The maximum Gasteiger partial charge on any atom is 0.214 e. The molecular formula is C30H45ClN6O2S. The van der Waals surface area contributed by atoms with Gasteiger partial charge in [-0.05, 0) is 84.7 Å². The summed E-state index contributed by atoms with van der Waals surface area (Å²) in [6, 6.07) is 7.86. The van der Waals surface area contributed by atoms with Crippen LogP contribution in [0.1, 0.15) is 80.7 Å². The monoisotopic (exact) mass is 588 g/mol. The number of nitrogens with two attached hydrogens (primary N) is 1. The minimum atomic E-state index is -0.333. The molecule has 0 aliphatic carbocycles. The smallest absolute Gasteiger partial charge is 0.214 e. The maximum atomic E-state index is 9.22. The van der Waals surface area contributed by atoms with E-state index in [-0.39, 0.29) is 11.5 Å². The largest absolute Gasteiger partial charge is 0.376 e. The Bertz CT molecular complexity index is 1270. The highest BCUT2D eigenvalue weighted by molar-refractivity contribution is 7.15. The number of rotatable bonds is 8. The zero-order valence-electron chi connectivity index (χ0n) is 25.4. The van der Waals surface area contributed by atoms with E-state index >= 15 is 0 Å². The van der Waals surface area contributed by atoms with E-state index in [0.29, 0.717) is 6.54 Å². The molecule has 4 rings (SSSR count). The summed E-state index contributed by atoms with van der Waals surface area (Å²) in [5.74, 6) is 2.18. The molecule has 1 aliphatic heterocycles. The van der Waals surface area contributed by atoms with Crippen LogP contribution in [0.2, 0.25) is 5.02 Å². The second-order valence-corrected chi connectivity index (χ2v) is 12.5. The summed E-state index contributed by atoms with van der Waals surface area (Å²) < 4.78 is 7.93. The summed E-state index contributed by atoms with van der Waals surface area (Å²) in [5, 5.41) is 13.5. The lowest BCUT2D eigenvalue weighted by Gasteiger charge is -2.25. The number of primary amides is 1. The van der Waals surface area contributed by atoms with Crippen LogP contribution in [-0.2, 0) is 16.1 Å². The molecule has 0 saturated heterocycles. The molecule has 2 aromatic heterocycles. The molecule has 40 heavy (non-hydrogen) atoms. The molecule has 0 unspecified atom stereocenters. The van der Waals surface area contributed by atoms with E-state index in [9.17, 15) is 4.79 Å². The summed E-state index contributed by atoms with van der Waals surface area (Å²) in [4.78, 5) is 15.4. The quantitative estimate of drug-likeness (QED) is 0.326. The number of aryl methyl sites for hydroxylation is 2. The first-order chi connectivity index (χ1) is 18.8. The first-order valence-corrected chi connectivity index (χ1v) is 14.8. The van der Waals surface area contributed by atoms with E-state index in [2.05, 4.69) is 67.4 Å². The average molecular weight is 589 g/mol. The molecule has 3 aromatic rings. The topological polar surface area (TPSA) is 107 Å². The Morgan fingerprint density at radius 3 is 2.40 bits per heavy atom. The molecule has 1 aromatic carbocycles. The van der Waals surface area contributed by atoms with Gasteiger partial charge in [-0.3, -0.25) is 14.4 Å². The van der Waals surface area contributed by atoms with Gasteiger partial charge in [0.15, 0.2) is 5.82 Å². The van der Waals surface area contributed by atoms with Crippen LogP contribution in [0.3, 0.4) is 0 Å². The number of hydrogen-bond donors (Lipinski definition) is 2. The highest BCUT2D eigenvalue weighted by Crippen LogP contribution is 2.36. The van der Waals surface area contributed by atoms with Gasteiger partial charge in [0.05, 0.1) is 11.3 Å². The Kier molecular flexibility index (Phi) is 13.0. The maximum absolute atomic E-state index is 9.22. The molecule has 8 nitrogen and oxygen atoms in total. The lowest BCUT2D eigenvalue weighted by molar-refractivity contribution is -0.115. The lowest BCUT2D eigenvalue weighted by Crippen LogP contribution is -2.29. The molecule has 0 spiro atoms. The molecule has 1 aliphatic rings. The van der Waals surface area contributed by atoms with Crippen molar-refractivity contribution < 1.29 is 9.53 Å². The highest BCUT2D eigenvalue weighted by Gasteiger charge is 2.26. The van der Waals surface area contributed by atoms with Crippen molar-refractivity contribution in [3.8, 4) is 5.00 Å². The predicted molar refractivity (Wildman–Crippen MR) is 167 cm³/mol. The third-order valence-electron chi connectivity index (χ3n) is 6.36. The average Bonchev–Trinajstić information content (AvgIpc) is 3.31. The molecule has 0 saturated carbocycles. The van der Waals surface area contributed by atoms with Crippen LogP contribution in [-0.4, -0.2) is 52.2 Å². The van der Waals surface area contributed by atoms with E-state index in [0.717, 1.165) is 64.9 Å². The number of carbonyl (C=O) groups excluding carboxylic acids is 1. The number of amides is 1. The van der Waals surface area contributed by atoms with E-state index in [4.69, 9.17) is 21.3 Å². The number of nitrogens with zero attached hydrogens (tertiary/aromatic N) is 4. The molecule has 3 heterocycles. The Labute approximate surface area is 248 Å². The summed E-state index contributed by atoms with van der Waals surface area (Å²) in [6.45, 7) is 18.8. The zero-order chi connectivity index (χ0) is 30.0. The number of aliphatic imine (C=N–C) groups is 1. The molecule has 220 valence electrons. The van der Waals surface area contributed by atoms with Crippen LogP contribution in [0.15, 0.2) is 29.3 Å². The van der Waals surface area contributed by atoms with E-state index in [1.807, 2.05) is 38.2 Å². The standard InChI is InChI=1S/C17H15ClN4S.C11H25NO.C2H5NO/c1-9-10(2)23-17-15(9)16(12-4-6-13(18)7-5-12)19-8-14-21-20-11(3)22(14)17;1-10(2)6-9-13-11(3,4)7-8-12-5;1-2(3)4/h4-7H,8H2,1-3H3;10,12H,6-9H2,1-5H3;1H3,(H2,3,4). The van der Waals surface area contributed by atoms with E-state index < -0.39 is 0 Å². The minimum absolute atomic E-state index is 0.0257. The van der Waals surface area contributed by atoms with Gasteiger partial charge < -0.3 is 15.8 Å². The second-order valence-electron chi connectivity index (χ2n) is 10.9. The van der Waals surface area contributed by atoms with Crippen LogP contribution < -0.4 is 11.1 Å². The number of thiophene rings is 1. The van der Waals surface area contributed by atoms with E-state index in [1.54, 1.807) is 11.3 Å². The number of hydrogen-bond acceptors (Lipinski definition) is 7. The van der Waals surface area contributed by atoms with Crippen molar-refractivity contribution in [2.75, 3.05) is 20.2 Å². The van der Waals surface area contributed by atoms with Crippen molar-refractivity contribution in [3.63, 3.8) is 0 Å². The predicted octanol–water partition coefficient (Wildman–Crippen LogP) is 6.19. The molecule has 10 heteroatoms. The molecule has 3 N–H and O–H groups in total. The first-order valence-electron chi connectivity index (χ1n) is 13.6. The van der Waals surface area contributed by atoms with Gasteiger partial charge in [-0.15, -0.1) is 21.5 Å². The van der Waals surface area contributed by atoms with Crippen LogP contribution in [0.4, 0.5) is 0 Å². The third kappa shape index (κ3) is 9.80. The van der Waals surface area contributed by atoms with Gasteiger partial charge in [0, 0.05) is 34.6 Å². The molecule has 0 atom stereocenters. The van der Waals surface area contributed by atoms with Gasteiger partial charge in [-0.1, -0.05) is 37.6 Å². The van der Waals surface area contributed by atoms with Crippen molar-refractivity contribution in [2.45, 2.75) is 80.4 Å². The Balaban J connectivity index is 0.000000281. The van der Waals surface area contributed by atoms with Gasteiger partial charge >= 0.3 is 0 Å². The number of benzene rings is 1. The lowest BCUT2D eigenvalue weighted by atomic mass is 10.00. The molecular weight excluding hydrogens is 544 g/mol. The summed E-state index contributed by atoms with van der Waals surface area (Å²) in [7, 11) is 1.98. The molecule has 0 radical (unpaired) electrons. The number of fused-ring (bicyclic) bond motifs is 3. The Morgan fingerprint density at radius 1 is 1.20 bits per heavy atom. The third-order valence-corrected chi connectivity index (χ3v) is 7.80. The number of ether oxygens (including phenoxy) is 1. The fourth-order valence-electron chi connectivity index (χ4n) is 3.96. The second kappa shape index (κ2) is 15.4. The van der Waals surface area contributed by atoms with Crippen molar-refractivity contribution in [3.05, 3.63) is 62.5 Å². The van der Waals surface area contributed by atoms with Crippen LogP contribution in [0.5, 0.6) is 0 Å². The van der Waals surface area contributed by atoms with Crippen LogP contribution in [0.25, 0.3) is 5.00 Å². The zero-order valence-corrected chi connectivity index (χ0v) is 27.0. The van der Waals surface area contributed by atoms with Crippen molar-refractivity contribution in [1.82, 2.24) is 20.1 Å². The molecule has 1 amide bonds. The summed E-state index contributed by atoms with van der Waals surface area (Å²) >= 11 is 7.80. The minimum Gasteiger partial charge on any atom is -0.376 e. The van der Waals surface area contributed by atoms with Gasteiger partial charge in [-0.25, -0.2) is 0 Å². The first kappa shape index (κ1) is 33.6. The fourth-order valence-corrected chi connectivity index (χ4v) is 5.31. The summed E-state index contributed by atoms with van der Waals surface area (Å²) in [5.41, 5.74) is 9.02. The highest BCUT2D eigenvalue weighted by atomic mass is 35.5. The number of nitrogens with one attached hydrogen (secondary N) is 1. The van der Waals surface area contributed by atoms with Gasteiger partial charge in [0.2, 0.25) is 5.91 Å². The Hall–Kier alpha value is -2.59. The van der Waals surface area contributed by atoms with Crippen molar-refractivity contribution in [2.24, 2.45) is 16.6 Å². The summed E-state index contributed by atoms with van der Waals surface area (Å²) in [6.07, 6.45) is 2.23. The van der Waals surface area contributed by atoms with Gasteiger partial charge in [0.1, 0.15) is 17.4 Å². The van der Waals surface area contributed by atoms with Crippen molar-refractivity contribution in [1.29, 1.82) is 0 Å². The SMILES string of the molecule is CC(N)=O.CNCCC(C)(C)OCCC(C)C.Cc1sc2c(c1C)C(c1ccc(Cl)cc1)=NCc1nnc(C)n1-2. The molecule has 0 bridgehead atoms. The number of halogens is 1. The van der Waals surface area contributed by atoms with Crippen LogP contribution in [0, 0.1) is 26.7 Å². The van der Waals surface area contributed by atoms with Gasteiger partial charge in [-0.2, -0.15) is 0 Å². The van der Waals surface area contributed by atoms with Crippen LogP contribution >= 0.6 is 22.9 Å².